The predicted octanol–water partition coefficient (Wildman–Crippen LogP) is 0.868. The highest BCUT2D eigenvalue weighted by atomic mass is 16.3. The zero-order valence-electron chi connectivity index (χ0n) is 5.99. The van der Waals surface area contributed by atoms with Gasteiger partial charge in [-0.05, 0) is 18.6 Å². The number of carbonyl (C=O) groups excluding carboxylic acids is 1. The average Bonchev–Trinajstić information content (AvgIpc) is 2.60. The summed E-state index contributed by atoms with van der Waals surface area (Å²) >= 11 is 0. The molecule has 2 atom stereocenters. The zero-order chi connectivity index (χ0) is 7.84. The summed E-state index contributed by atoms with van der Waals surface area (Å²) in [6, 6.07) is 3.71. The smallest absolute Gasteiger partial charge is 0.221 e. The molecule has 0 saturated heterocycles. The highest BCUT2D eigenvalue weighted by Gasteiger charge is 2.44. The van der Waals surface area contributed by atoms with Crippen LogP contribution in [0.3, 0.4) is 0 Å². The van der Waals surface area contributed by atoms with Gasteiger partial charge in [0.2, 0.25) is 5.91 Å². The third-order valence-electron chi connectivity index (χ3n) is 2.06. The van der Waals surface area contributed by atoms with Gasteiger partial charge in [0.1, 0.15) is 5.76 Å². The van der Waals surface area contributed by atoms with Crippen LogP contribution in [0.1, 0.15) is 18.1 Å². The molecule has 1 aromatic rings. The molecule has 2 rings (SSSR count). The van der Waals surface area contributed by atoms with Crippen molar-refractivity contribution in [2.75, 3.05) is 0 Å². The molecule has 1 amide bonds. The van der Waals surface area contributed by atoms with Gasteiger partial charge in [-0.3, -0.25) is 4.79 Å². The first-order valence-corrected chi connectivity index (χ1v) is 3.62. The molecular formula is C8H9NO2. The van der Waals surface area contributed by atoms with E-state index >= 15 is 0 Å². The Hall–Kier alpha value is -1.25. The van der Waals surface area contributed by atoms with E-state index in [1.165, 1.54) is 0 Å². The van der Waals surface area contributed by atoms with Crippen LogP contribution in [-0.4, -0.2) is 5.91 Å². The minimum absolute atomic E-state index is 0.0150. The highest BCUT2D eigenvalue weighted by Crippen LogP contribution is 2.47. The van der Waals surface area contributed by atoms with E-state index in [0.717, 1.165) is 12.2 Å². The molecule has 58 valence electrons. The Bertz CT molecular complexity index is 266. The molecular weight excluding hydrogens is 142 g/mol. The Morgan fingerprint density at radius 1 is 1.73 bits per heavy atom. The first kappa shape index (κ1) is 6.46. The number of hydrogen-bond donors (Lipinski definition) is 1. The van der Waals surface area contributed by atoms with Crippen LogP contribution in [0.25, 0.3) is 0 Å². The molecule has 0 bridgehead atoms. The molecule has 0 aliphatic heterocycles. The lowest BCUT2D eigenvalue weighted by Gasteiger charge is -1.89. The number of carbonyl (C=O) groups is 1. The van der Waals surface area contributed by atoms with E-state index in [4.69, 9.17) is 10.2 Å². The zero-order valence-corrected chi connectivity index (χ0v) is 5.99. The summed E-state index contributed by atoms with van der Waals surface area (Å²) in [5.74, 6) is 0.934. The summed E-state index contributed by atoms with van der Waals surface area (Å²) in [6.07, 6.45) is 2.47. The van der Waals surface area contributed by atoms with Gasteiger partial charge in [0.25, 0.3) is 0 Å². The molecule has 2 unspecified atom stereocenters. The van der Waals surface area contributed by atoms with Gasteiger partial charge in [-0.1, -0.05) is 0 Å². The lowest BCUT2D eigenvalue weighted by Crippen LogP contribution is -2.13. The van der Waals surface area contributed by atoms with Gasteiger partial charge in [-0.2, -0.15) is 0 Å². The third-order valence-corrected chi connectivity index (χ3v) is 2.06. The lowest BCUT2D eigenvalue weighted by molar-refractivity contribution is -0.119. The number of primary amides is 1. The van der Waals surface area contributed by atoms with Crippen LogP contribution in [0.15, 0.2) is 22.8 Å². The second kappa shape index (κ2) is 2.12. The standard InChI is InChI=1S/C8H9NO2/c9-8(10)6-4-5(6)7-2-1-3-11-7/h1-3,5-6H,4H2,(H2,9,10). The topological polar surface area (TPSA) is 56.2 Å². The van der Waals surface area contributed by atoms with Gasteiger partial charge in [-0.25, -0.2) is 0 Å². The van der Waals surface area contributed by atoms with Crippen LogP contribution in [-0.2, 0) is 4.79 Å². The Labute approximate surface area is 64.2 Å². The fourth-order valence-electron chi connectivity index (χ4n) is 1.33. The van der Waals surface area contributed by atoms with Crippen LogP contribution in [0.5, 0.6) is 0 Å². The summed E-state index contributed by atoms with van der Waals surface area (Å²) in [5, 5.41) is 0. The van der Waals surface area contributed by atoms with Crippen LogP contribution in [0.2, 0.25) is 0 Å². The molecule has 3 nitrogen and oxygen atoms in total. The molecule has 1 heterocycles. The first-order chi connectivity index (χ1) is 5.29. The maximum absolute atomic E-state index is 10.6. The number of furan rings is 1. The normalized spacial score (nSPS) is 28.4. The van der Waals surface area contributed by atoms with Crippen molar-refractivity contribution in [3.8, 4) is 0 Å². The minimum Gasteiger partial charge on any atom is -0.469 e. The van der Waals surface area contributed by atoms with Crippen molar-refractivity contribution in [3.63, 3.8) is 0 Å². The van der Waals surface area contributed by atoms with Crippen molar-refractivity contribution >= 4 is 5.91 Å². The molecule has 2 N–H and O–H groups in total. The van der Waals surface area contributed by atoms with Gasteiger partial charge < -0.3 is 10.2 Å². The van der Waals surface area contributed by atoms with Crippen molar-refractivity contribution in [1.29, 1.82) is 0 Å². The van der Waals surface area contributed by atoms with E-state index in [1.807, 2.05) is 12.1 Å². The van der Waals surface area contributed by atoms with E-state index < -0.39 is 0 Å². The van der Waals surface area contributed by atoms with E-state index in [0.29, 0.717) is 0 Å². The van der Waals surface area contributed by atoms with Crippen LogP contribution in [0.4, 0.5) is 0 Å². The Kier molecular flexibility index (Phi) is 1.24. The van der Waals surface area contributed by atoms with Crippen molar-refractivity contribution in [3.05, 3.63) is 24.2 Å². The van der Waals surface area contributed by atoms with Crippen LogP contribution in [0, 0.1) is 5.92 Å². The number of rotatable bonds is 2. The molecule has 3 heteroatoms. The SMILES string of the molecule is NC(=O)C1CC1c1ccco1. The van der Waals surface area contributed by atoms with Gasteiger partial charge in [-0.15, -0.1) is 0 Å². The molecule has 11 heavy (non-hydrogen) atoms. The third kappa shape index (κ3) is 1.02. The monoisotopic (exact) mass is 151 g/mol. The molecule has 1 aliphatic rings. The molecule has 0 aromatic carbocycles. The fraction of sp³-hybridized carbons (Fsp3) is 0.375. The quantitative estimate of drug-likeness (QED) is 0.681. The van der Waals surface area contributed by atoms with Gasteiger partial charge in [0.15, 0.2) is 0 Å². The number of nitrogens with two attached hydrogens (primary N) is 1. The molecule has 1 fully saturated rings. The maximum Gasteiger partial charge on any atom is 0.221 e. The summed E-state index contributed by atoms with van der Waals surface area (Å²) in [4.78, 5) is 10.6. The van der Waals surface area contributed by atoms with E-state index in [1.54, 1.807) is 6.26 Å². The van der Waals surface area contributed by atoms with Crippen molar-refractivity contribution in [1.82, 2.24) is 0 Å². The summed E-state index contributed by atoms with van der Waals surface area (Å²) < 4.78 is 5.13. The van der Waals surface area contributed by atoms with Crippen molar-refractivity contribution in [2.24, 2.45) is 11.7 Å². The predicted molar refractivity (Wildman–Crippen MR) is 38.8 cm³/mol. The highest BCUT2D eigenvalue weighted by molar-refractivity contribution is 5.80. The summed E-state index contributed by atoms with van der Waals surface area (Å²) in [5.41, 5.74) is 5.11. The van der Waals surface area contributed by atoms with Crippen LogP contribution < -0.4 is 5.73 Å². The average molecular weight is 151 g/mol. The van der Waals surface area contributed by atoms with Crippen LogP contribution >= 0.6 is 0 Å². The van der Waals surface area contributed by atoms with Gasteiger partial charge in [0.05, 0.1) is 6.26 Å². The summed E-state index contributed by atoms with van der Waals surface area (Å²) in [6.45, 7) is 0. The maximum atomic E-state index is 10.6. The number of amides is 1. The minimum atomic E-state index is -0.216. The molecule has 0 spiro atoms. The van der Waals surface area contributed by atoms with Crippen molar-refractivity contribution in [2.45, 2.75) is 12.3 Å². The lowest BCUT2D eigenvalue weighted by atomic mass is 10.2. The van der Waals surface area contributed by atoms with E-state index in [9.17, 15) is 4.79 Å². The fourth-order valence-corrected chi connectivity index (χ4v) is 1.33. The number of hydrogen-bond acceptors (Lipinski definition) is 2. The largest absolute Gasteiger partial charge is 0.469 e. The van der Waals surface area contributed by atoms with E-state index in [-0.39, 0.29) is 17.7 Å². The van der Waals surface area contributed by atoms with Crippen molar-refractivity contribution < 1.29 is 9.21 Å². The Morgan fingerprint density at radius 2 is 2.55 bits per heavy atom. The Balaban J connectivity index is 2.08. The molecule has 1 saturated carbocycles. The molecule has 1 aromatic heterocycles. The summed E-state index contributed by atoms with van der Waals surface area (Å²) in [7, 11) is 0. The molecule has 1 aliphatic carbocycles. The van der Waals surface area contributed by atoms with Gasteiger partial charge >= 0.3 is 0 Å². The molecule has 0 radical (unpaired) electrons. The van der Waals surface area contributed by atoms with Gasteiger partial charge in [0, 0.05) is 11.8 Å². The second-order valence-electron chi connectivity index (χ2n) is 2.87. The van der Waals surface area contributed by atoms with E-state index in [2.05, 4.69) is 0 Å². The second-order valence-corrected chi connectivity index (χ2v) is 2.87. The first-order valence-electron chi connectivity index (χ1n) is 3.62. The Morgan fingerprint density at radius 3 is 3.00 bits per heavy atom.